The van der Waals surface area contributed by atoms with Crippen LogP contribution in [-0.2, 0) is 70.4 Å². The predicted octanol–water partition coefficient (Wildman–Crippen LogP) is -4.17. The molecule has 510 valence electrons. The number of nitrogens with zero attached hydrogens (tertiary/aromatic N) is 2. The molecule has 0 unspecified atom stereocenters. The van der Waals surface area contributed by atoms with E-state index in [1.54, 1.807) is 74.5 Å². The molecular weight excluding hydrogens is 1210 g/mol. The Morgan fingerprint density at radius 2 is 1.13 bits per heavy atom. The molecule has 3 aliphatic heterocycles. The molecule has 93 heavy (non-hydrogen) atoms. The van der Waals surface area contributed by atoms with Crippen molar-refractivity contribution >= 4 is 70.9 Å². The number of hydrogen-bond acceptors (Lipinski definition) is 18. The van der Waals surface area contributed by atoms with Crippen molar-refractivity contribution in [2.24, 2.45) is 11.7 Å². The minimum Gasteiger partial charge on any atom is -0.394 e. The molecule has 5 rings (SSSR count). The average Bonchev–Trinajstić information content (AvgIpc) is 1.80. The van der Waals surface area contributed by atoms with Crippen molar-refractivity contribution < 1.29 is 88.2 Å². The number of aryl methyl sites for hydroxylation is 1. The van der Waals surface area contributed by atoms with Crippen molar-refractivity contribution in [3.05, 3.63) is 95.3 Å². The first-order valence-electron chi connectivity index (χ1n) is 31.2. The van der Waals surface area contributed by atoms with E-state index in [-0.39, 0.29) is 64.0 Å². The molecular formula is C63H90N12O18. The number of aliphatic hydroxyl groups is 6. The van der Waals surface area contributed by atoms with Gasteiger partial charge < -0.3 is 94.0 Å². The second kappa shape index (κ2) is 36.5. The fourth-order valence-corrected chi connectivity index (χ4v) is 11.1. The number of benzene rings is 2. The van der Waals surface area contributed by atoms with E-state index in [9.17, 15) is 88.2 Å². The van der Waals surface area contributed by atoms with Gasteiger partial charge in [0.15, 0.2) is 6.10 Å². The number of rotatable bonds is 17. The van der Waals surface area contributed by atoms with Gasteiger partial charge in [0.25, 0.3) is 17.7 Å². The molecule has 3 aliphatic rings. The maximum atomic E-state index is 14.9. The summed E-state index contributed by atoms with van der Waals surface area (Å²) in [5, 5.41) is 88.0. The summed E-state index contributed by atoms with van der Waals surface area (Å²) >= 11 is 0. The Kier molecular flexibility index (Phi) is 29.5. The minimum atomic E-state index is -2.35. The summed E-state index contributed by atoms with van der Waals surface area (Å²) in [6.45, 7) is 5.50. The fraction of sp³-hybridized carbons (Fsp3) is 0.556. The van der Waals surface area contributed by atoms with Crippen molar-refractivity contribution in [3.8, 4) is 0 Å². The Bertz CT molecular complexity index is 3020. The Morgan fingerprint density at radius 3 is 1.70 bits per heavy atom. The van der Waals surface area contributed by atoms with Crippen LogP contribution in [0.1, 0.15) is 110 Å². The van der Waals surface area contributed by atoms with Gasteiger partial charge in [-0.2, -0.15) is 0 Å². The highest BCUT2D eigenvalue weighted by molar-refractivity contribution is 6.04. The van der Waals surface area contributed by atoms with E-state index in [1.165, 1.54) is 19.9 Å². The second-order valence-corrected chi connectivity index (χ2v) is 23.8. The quantitative estimate of drug-likeness (QED) is 0.0668. The van der Waals surface area contributed by atoms with Gasteiger partial charge >= 0.3 is 0 Å². The van der Waals surface area contributed by atoms with Crippen LogP contribution >= 0.6 is 0 Å². The number of nitrogens with one attached hydrogen (secondary N) is 9. The highest BCUT2D eigenvalue weighted by atomic mass is 16.3. The summed E-state index contributed by atoms with van der Waals surface area (Å²) in [5.41, 5.74) is 5.73. The van der Waals surface area contributed by atoms with E-state index in [1.807, 2.05) is 0 Å². The number of carbonyl (C=O) groups is 12. The van der Waals surface area contributed by atoms with Crippen molar-refractivity contribution in [2.75, 3.05) is 26.2 Å². The summed E-state index contributed by atoms with van der Waals surface area (Å²) in [7, 11) is 0. The molecule has 30 heteroatoms. The smallest absolute Gasteiger partial charge is 0.268 e. The molecule has 0 aromatic heterocycles. The highest BCUT2D eigenvalue weighted by Crippen LogP contribution is 2.23. The molecule has 3 heterocycles. The Labute approximate surface area is 538 Å². The lowest BCUT2D eigenvalue weighted by atomic mass is 9.94. The van der Waals surface area contributed by atoms with Gasteiger partial charge in [0, 0.05) is 32.4 Å². The van der Waals surface area contributed by atoms with Gasteiger partial charge in [0.2, 0.25) is 53.2 Å². The van der Waals surface area contributed by atoms with E-state index >= 15 is 0 Å². The average molecular weight is 1300 g/mol. The minimum absolute atomic E-state index is 0.00627. The van der Waals surface area contributed by atoms with Gasteiger partial charge in [-0.3, -0.25) is 57.5 Å². The molecule has 3 fully saturated rings. The van der Waals surface area contributed by atoms with Crippen LogP contribution in [0.2, 0.25) is 0 Å². The molecule has 2 aromatic carbocycles. The summed E-state index contributed by atoms with van der Waals surface area (Å²) in [4.78, 5) is 170. The van der Waals surface area contributed by atoms with Gasteiger partial charge in [-0.15, -0.1) is 0 Å². The van der Waals surface area contributed by atoms with Crippen molar-refractivity contribution in [1.29, 1.82) is 0 Å². The highest BCUT2D eigenvalue weighted by Gasteiger charge is 2.43. The molecule has 12 amide bonds. The van der Waals surface area contributed by atoms with Crippen molar-refractivity contribution in [1.82, 2.24) is 57.7 Å². The molecule has 13 atom stereocenters. The third-order valence-electron chi connectivity index (χ3n) is 16.1. The monoisotopic (exact) mass is 1300 g/mol. The molecule has 17 N–H and O–H groups in total. The zero-order chi connectivity index (χ0) is 68.6. The summed E-state index contributed by atoms with van der Waals surface area (Å²) in [6.07, 6.45) is -7.88. The predicted molar refractivity (Wildman–Crippen MR) is 333 cm³/mol. The lowest BCUT2D eigenvalue weighted by Gasteiger charge is -2.33. The van der Waals surface area contributed by atoms with Crippen LogP contribution in [0.15, 0.2) is 84.2 Å². The van der Waals surface area contributed by atoms with E-state index in [4.69, 9.17) is 5.73 Å². The number of hydrogen-bond donors (Lipinski definition) is 16. The first kappa shape index (κ1) is 75.0. The van der Waals surface area contributed by atoms with Gasteiger partial charge in [-0.1, -0.05) is 86.7 Å². The van der Waals surface area contributed by atoms with Crippen LogP contribution in [0.3, 0.4) is 0 Å². The number of carbonyl (C=O) groups excluding carboxylic acids is 12. The number of fused-ring (bicyclic) bond motifs is 2. The molecule has 30 nitrogen and oxygen atoms in total. The van der Waals surface area contributed by atoms with E-state index in [2.05, 4.69) is 47.9 Å². The molecule has 0 saturated carbocycles. The zero-order valence-corrected chi connectivity index (χ0v) is 52.9. The Balaban J connectivity index is 1.55. The van der Waals surface area contributed by atoms with E-state index in [0.717, 1.165) is 28.4 Å². The summed E-state index contributed by atoms with van der Waals surface area (Å²) in [5.74, 6) is -12.3. The Hall–Kier alpha value is -8.68. The van der Waals surface area contributed by atoms with Crippen molar-refractivity contribution in [3.63, 3.8) is 0 Å². The van der Waals surface area contributed by atoms with Gasteiger partial charge in [-0.25, -0.2) is 0 Å². The topological polar surface area (TPSA) is 467 Å². The summed E-state index contributed by atoms with van der Waals surface area (Å²) < 4.78 is 0. The maximum absolute atomic E-state index is 14.9. The van der Waals surface area contributed by atoms with E-state index < -0.39 is 200 Å². The number of allylic oxidation sites excluding steroid dienone is 2. The zero-order valence-electron chi connectivity index (χ0n) is 52.9. The molecule has 3 saturated heterocycles. The Morgan fingerprint density at radius 1 is 0.602 bits per heavy atom. The normalized spacial score (nSPS) is 26.6. The number of aliphatic hydroxyl groups excluding tert-OH is 6. The second-order valence-electron chi connectivity index (χ2n) is 23.8. The largest absolute Gasteiger partial charge is 0.394 e. The lowest BCUT2D eigenvalue weighted by molar-refractivity contribution is -0.143. The maximum Gasteiger partial charge on any atom is 0.268 e. The van der Waals surface area contributed by atoms with Crippen LogP contribution in [0.5, 0.6) is 0 Å². The fourth-order valence-electron chi connectivity index (χ4n) is 11.1. The third-order valence-corrected chi connectivity index (χ3v) is 16.1. The molecule has 0 bridgehead atoms. The summed E-state index contributed by atoms with van der Waals surface area (Å²) in [6, 6.07) is 4.50. The molecule has 2 aromatic rings. The van der Waals surface area contributed by atoms with Gasteiger partial charge in [0.1, 0.15) is 53.7 Å². The van der Waals surface area contributed by atoms with Crippen LogP contribution in [0, 0.1) is 5.92 Å². The van der Waals surface area contributed by atoms with Gasteiger partial charge in [0.05, 0.1) is 43.6 Å². The first-order chi connectivity index (χ1) is 44.2. The molecule has 0 radical (unpaired) electrons. The molecule has 0 aliphatic carbocycles. The SMILES string of the molecule is C/C=C1\NC(=O)[C@H](Cc2ccccc2)NC(=O)[C@@H]2CCCN2C(=O)CNC(=O)[C@H](CCC(N)=O)NC(=O)[C@@H](O)[C@H](C[C@@H](O)C[C@@H](O)[C@H](O)CC(C)C)NC(=O)[C@@H]2CCCN2C(=O)[C@H](CCc2ccccc2)NC(=O)[C@@H]([C@H](C)O)NC(=O)/C(=C\C)NC(=O)[C@H](CO)NC1=O. The number of amides is 12. The van der Waals surface area contributed by atoms with Crippen LogP contribution in [0.25, 0.3) is 0 Å². The van der Waals surface area contributed by atoms with Crippen LogP contribution < -0.4 is 53.6 Å². The standard InChI is InChI=1S/C63H90N12O18/c1-6-39-55(85)72-45(33-76)58(88)67-40(7-2)56(86)73-52(35(5)77)61(91)69-42(23-22-36-16-10-8-11-17-36)63(93)75-27-15-21-47(75)60(90)70-43(30-38(78)31-49(80)48(79)28-34(3)4)53(83)62(92)68-41(24-25-50(64)81)54(84)65-32-51(82)74-26-14-20-46(74)59(89)71-44(57(87)66-39)29-37-18-12-9-13-19-37/h6-13,16-19,34-35,38,41-49,52-53,76-80,83H,14-15,20-33H2,1-5H3,(H2,64,81)(H,65,84)(H,66,87)(H,67,88)(H,68,92)(H,69,91)(H,70,90)(H,71,89)(H,72,85)(H,73,86)/b39-6-,40-7+/t35-,38+,41-,42-,43-,44-,45-,46-,47-,48+,49+,52+,53-/m0/s1. The van der Waals surface area contributed by atoms with Crippen molar-refractivity contribution in [2.45, 2.75) is 191 Å². The molecule has 0 spiro atoms. The van der Waals surface area contributed by atoms with Crippen LogP contribution in [0.4, 0.5) is 0 Å². The van der Waals surface area contributed by atoms with Gasteiger partial charge in [-0.05, 0) is 95.6 Å². The number of primary amides is 1. The van der Waals surface area contributed by atoms with E-state index in [0.29, 0.717) is 12.0 Å². The lowest BCUT2D eigenvalue weighted by Crippen LogP contribution is -2.61. The van der Waals surface area contributed by atoms with Crippen LogP contribution in [-0.4, -0.2) is 216 Å². The number of nitrogens with two attached hydrogens (primary N) is 1. The first-order valence-corrected chi connectivity index (χ1v) is 31.2. The third kappa shape index (κ3) is 22.5.